The van der Waals surface area contributed by atoms with E-state index < -0.39 is 11.9 Å². The first-order valence-electron chi connectivity index (χ1n) is 5.92. The molecular weight excluding hydrogens is 251 g/mol. The summed E-state index contributed by atoms with van der Waals surface area (Å²) in [5, 5.41) is 4.97. The fraction of sp³-hybridized carbons (Fsp3) is 0.308. The highest BCUT2D eigenvalue weighted by Gasteiger charge is 2.27. The number of carbonyl (C=O) groups is 3. The SMILES string of the molecule is O=C1CCC(C(=O)NCC(=O)c2ccc(F)cc2)N1. The highest BCUT2D eigenvalue weighted by molar-refractivity contribution is 6.00. The van der Waals surface area contributed by atoms with E-state index in [-0.39, 0.29) is 24.1 Å². The maximum Gasteiger partial charge on any atom is 0.242 e. The lowest BCUT2D eigenvalue weighted by atomic mass is 10.1. The van der Waals surface area contributed by atoms with Crippen molar-refractivity contribution in [2.75, 3.05) is 6.54 Å². The van der Waals surface area contributed by atoms with Gasteiger partial charge in [-0.25, -0.2) is 4.39 Å². The van der Waals surface area contributed by atoms with Gasteiger partial charge in [0.1, 0.15) is 11.9 Å². The van der Waals surface area contributed by atoms with E-state index in [1.165, 1.54) is 24.3 Å². The van der Waals surface area contributed by atoms with Gasteiger partial charge in [0.05, 0.1) is 6.54 Å². The Balaban J connectivity index is 1.85. The molecule has 1 aliphatic rings. The minimum atomic E-state index is -0.562. The van der Waals surface area contributed by atoms with E-state index in [0.29, 0.717) is 18.4 Å². The zero-order valence-electron chi connectivity index (χ0n) is 10.1. The zero-order valence-corrected chi connectivity index (χ0v) is 10.1. The van der Waals surface area contributed by atoms with Gasteiger partial charge in [0.25, 0.3) is 0 Å². The normalized spacial score (nSPS) is 17.9. The van der Waals surface area contributed by atoms with Crippen molar-refractivity contribution < 1.29 is 18.8 Å². The minimum absolute atomic E-state index is 0.162. The molecule has 1 saturated heterocycles. The number of hydrogen-bond acceptors (Lipinski definition) is 3. The number of rotatable bonds is 4. The molecule has 0 aliphatic carbocycles. The number of halogens is 1. The first kappa shape index (κ1) is 13.2. The average Bonchev–Trinajstić information content (AvgIpc) is 2.83. The number of hydrogen-bond donors (Lipinski definition) is 2. The minimum Gasteiger partial charge on any atom is -0.347 e. The molecule has 1 atom stereocenters. The predicted octanol–water partition coefficient (Wildman–Crippen LogP) is 0.403. The molecule has 1 aromatic rings. The number of nitrogens with one attached hydrogen (secondary N) is 2. The molecule has 5 nitrogen and oxygen atoms in total. The van der Waals surface area contributed by atoms with E-state index in [1.54, 1.807) is 0 Å². The van der Waals surface area contributed by atoms with Gasteiger partial charge in [-0.1, -0.05) is 0 Å². The molecule has 0 saturated carbocycles. The van der Waals surface area contributed by atoms with Crippen LogP contribution in [0.4, 0.5) is 4.39 Å². The first-order valence-corrected chi connectivity index (χ1v) is 5.92. The molecule has 6 heteroatoms. The van der Waals surface area contributed by atoms with Crippen molar-refractivity contribution in [1.29, 1.82) is 0 Å². The van der Waals surface area contributed by atoms with E-state index >= 15 is 0 Å². The lowest BCUT2D eigenvalue weighted by Crippen LogP contribution is -2.43. The van der Waals surface area contributed by atoms with Crippen molar-refractivity contribution in [2.24, 2.45) is 0 Å². The molecule has 0 aromatic heterocycles. The summed E-state index contributed by atoms with van der Waals surface area (Å²) < 4.78 is 12.7. The second kappa shape index (κ2) is 5.60. The van der Waals surface area contributed by atoms with Crippen LogP contribution in [-0.2, 0) is 9.59 Å². The van der Waals surface area contributed by atoms with E-state index in [9.17, 15) is 18.8 Å². The quantitative estimate of drug-likeness (QED) is 0.773. The molecule has 2 amide bonds. The predicted molar refractivity (Wildman–Crippen MR) is 64.9 cm³/mol. The summed E-state index contributed by atoms with van der Waals surface area (Å²) in [6.45, 7) is -0.170. The third-order valence-corrected chi connectivity index (χ3v) is 2.90. The molecular formula is C13H13FN2O3. The summed E-state index contributed by atoms with van der Waals surface area (Å²) in [6.07, 6.45) is 0.763. The van der Waals surface area contributed by atoms with Crippen LogP contribution in [0.25, 0.3) is 0 Å². The van der Waals surface area contributed by atoms with Gasteiger partial charge in [-0.2, -0.15) is 0 Å². The fourth-order valence-corrected chi connectivity index (χ4v) is 1.84. The Morgan fingerprint density at radius 3 is 2.58 bits per heavy atom. The monoisotopic (exact) mass is 264 g/mol. The third-order valence-electron chi connectivity index (χ3n) is 2.90. The molecule has 2 rings (SSSR count). The van der Waals surface area contributed by atoms with Crippen LogP contribution in [0.15, 0.2) is 24.3 Å². The summed E-state index contributed by atoms with van der Waals surface area (Å²) in [4.78, 5) is 34.3. The number of ketones is 1. The van der Waals surface area contributed by atoms with Crippen molar-refractivity contribution in [3.05, 3.63) is 35.6 Å². The molecule has 2 N–H and O–H groups in total. The van der Waals surface area contributed by atoms with E-state index in [2.05, 4.69) is 10.6 Å². The lowest BCUT2D eigenvalue weighted by Gasteiger charge is -2.10. The average molecular weight is 264 g/mol. The van der Waals surface area contributed by atoms with Gasteiger partial charge >= 0.3 is 0 Å². The molecule has 1 fully saturated rings. The van der Waals surface area contributed by atoms with E-state index in [4.69, 9.17) is 0 Å². The molecule has 1 heterocycles. The van der Waals surface area contributed by atoms with Crippen molar-refractivity contribution >= 4 is 17.6 Å². The van der Waals surface area contributed by atoms with Gasteiger partial charge in [-0.15, -0.1) is 0 Å². The van der Waals surface area contributed by atoms with Gasteiger partial charge < -0.3 is 10.6 Å². The molecule has 1 unspecified atom stereocenters. The number of Topliss-reactive ketones (excluding diaryl/α,β-unsaturated/α-hetero) is 1. The maximum absolute atomic E-state index is 12.7. The summed E-state index contributed by atoms with van der Waals surface area (Å²) >= 11 is 0. The van der Waals surface area contributed by atoms with Crippen molar-refractivity contribution in [1.82, 2.24) is 10.6 Å². The molecule has 0 spiro atoms. The van der Waals surface area contributed by atoms with Gasteiger partial charge in [-0.3, -0.25) is 14.4 Å². The largest absolute Gasteiger partial charge is 0.347 e. The summed E-state index contributed by atoms with van der Waals surface area (Å²) in [6, 6.07) is 4.54. The topological polar surface area (TPSA) is 75.3 Å². The molecule has 100 valence electrons. The Kier molecular flexibility index (Phi) is 3.89. The number of amides is 2. The molecule has 19 heavy (non-hydrogen) atoms. The fourth-order valence-electron chi connectivity index (χ4n) is 1.84. The highest BCUT2D eigenvalue weighted by atomic mass is 19.1. The number of benzene rings is 1. The smallest absolute Gasteiger partial charge is 0.242 e. The lowest BCUT2D eigenvalue weighted by molar-refractivity contribution is -0.125. The maximum atomic E-state index is 12.7. The summed E-state index contributed by atoms with van der Waals surface area (Å²) in [5.41, 5.74) is 0.331. The molecule has 0 bridgehead atoms. The Bertz CT molecular complexity index is 513. The van der Waals surface area contributed by atoms with Crippen molar-refractivity contribution in [3.8, 4) is 0 Å². The van der Waals surface area contributed by atoms with Crippen LogP contribution in [0, 0.1) is 5.82 Å². The van der Waals surface area contributed by atoms with Crippen LogP contribution in [0.5, 0.6) is 0 Å². The second-order valence-corrected chi connectivity index (χ2v) is 4.31. The van der Waals surface area contributed by atoms with Gasteiger partial charge in [0, 0.05) is 12.0 Å². The highest BCUT2D eigenvalue weighted by Crippen LogP contribution is 2.07. The van der Waals surface area contributed by atoms with Gasteiger partial charge in [-0.05, 0) is 30.7 Å². The van der Waals surface area contributed by atoms with Crippen molar-refractivity contribution in [3.63, 3.8) is 0 Å². The van der Waals surface area contributed by atoms with Crippen LogP contribution >= 0.6 is 0 Å². The second-order valence-electron chi connectivity index (χ2n) is 4.31. The third kappa shape index (κ3) is 3.37. The zero-order chi connectivity index (χ0) is 13.8. The molecule has 1 aliphatic heterocycles. The number of carbonyl (C=O) groups excluding carboxylic acids is 3. The summed E-state index contributed by atoms with van der Waals surface area (Å²) in [7, 11) is 0. The standard InChI is InChI=1S/C13H13FN2O3/c14-9-3-1-8(2-4-9)11(17)7-15-13(19)10-5-6-12(18)16-10/h1-4,10H,5-7H2,(H,15,19)(H,16,18). The van der Waals surface area contributed by atoms with E-state index in [1.807, 2.05) is 0 Å². The van der Waals surface area contributed by atoms with Gasteiger partial charge in [0.15, 0.2) is 5.78 Å². The van der Waals surface area contributed by atoms with Crippen molar-refractivity contribution in [2.45, 2.75) is 18.9 Å². The van der Waals surface area contributed by atoms with Crippen LogP contribution in [0.3, 0.4) is 0 Å². The Morgan fingerprint density at radius 1 is 1.32 bits per heavy atom. The van der Waals surface area contributed by atoms with Crippen LogP contribution in [0.2, 0.25) is 0 Å². The Labute approximate surface area is 109 Å². The Hall–Kier alpha value is -2.24. The van der Waals surface area contributed by atoms with E-state index in [0.717, 1.165) is 0 Å². The first-order chi connectivity index (χ1) is 9.06. The van der Waals surface area contributed by atoms with Crippen LogP contribution < -0.4 is 10.6 Å². The van der Waals surface area contributed by atoms with Crippen LogP contribution in [0.1, 0.15) is 23.2 Å². The van der Waals surface area contributed by atoms with Crippen LogP contribution in [-0.4, -0.2) is 30.2 Å². The molecule has 0 radical (unpaired) electrons. The molecule has 1 aromatic carbocycles. The Morgan fingerprint density at radius 2 is 2.00 bits per heavy atom. The van der Waals surface area contributed by atoms with Gasteiger partial charge in [0.2, 0.25) is 11.8 Å². The summed E-state index contributed by atoms with van der Waals surface area (Å²) in [5.74, 6) is -1.27.